The molecule has 0 saturated heterocycles. The molecule has 110 valence electrons. The number of nitrogens with zero attached hydrogens (tertiary/aromatic N) is 1. The summed E-state index contributed by atoms with van der Waals surface area (Å²) < 4.78 is 19.0. The number of anilines is 2. The first-order valence-electron chi connectivity index (χ1n) is 6.22. The molecule has 0 fully saturated rings. The molecule has 2 aromatic rings. The van der Waals surface area contributed by atoms with Gasteiger partial charge < -0.3 is 15.8 Å². The fourth-order valence-corrected chi connectivity index (χ4v) is 1.72. The van der Waals surface area contributed by atoms with Crippen LogP contribution in [0.1, 0.15) is 0 Å². The van der Waals surface area contributed by atoms with Crippen LogP contribution in [0, 0.1) is 15.9 Å². The van der Waals surface area contributed by atoms with Crippen LogP contribution in [0.4, 0.5) is 21.5 Å². The van der Waals surface area contributed by atoms with E-state index in [1.54, 1.807) is 24.3 Å². The highest BCUT2D eigenvalue weighted by Gasteiger charge is 2.10. The number of hydrogen-bond donors (Lipinski definition) is 2. The summed E-state index contributed by atoms with van der Waals surface area (Å²) in [6, 6.07) is 10.4. The molecule has 2 rings (SSSR count). The molecule has 6 nitrogen and oxygen atoms in total. The molecule has 0 saturated carbocycles. The molecule has 0 amide bonds. The first-order valence-corrected chi connectivity index (χ1v) is 6.22. The molecule has 2 aromatic carbocycles. The SMILES string of the molecule is Nc1cccc(OCCNc2ccc([N+](=O)[O-])cc2F)c1. The van der Waals surface area contributed by atoms with Gasteiger partial charge >= 0.3 is 0 Å². The third kappa shape index (κ3) is 4.07. The van der Waals surface area contributed by atoms with Gasteiger partial charge in [0.25, 0.3) is 5.69 Å². The summed E-state index contributed by atoms with van der Waals surface area (Å²) in [5, 5.41) is 13.3. The van der Waals surface area contributed by atoms with Gasteiger partial charge in [-0.1, -0.05) is 6.07 Å². The number of nitro benzene ring substituents is 1. The molecule has 7 heteroatoms. The van der Waals surface area contributed by atoms with Crippen molar-refractivity contribution in [1.29, 1.82) is 0 Å². The summed E-state index contributed by atoms with van der Waals surface area (Å²) in [6.07, 6.45) is 0. The van der Waals surface area contributed by atoms with Gasteiger partial charge in [-0.3, -0.25) is 10.1 Å². The molecule has 0 heterocycles. The quantitative estimate of drug-likeness (QED) is 0.369. The van der Waals surface area contributed by atoms with E-state index in [-0.39, 0.29) is 11.4 Å². The van der Waals surface area contributed by atoms with Crippen molar-refractivity contribution in [3.8, 4) is 5.75 Å². The molecule has 0 atom stereocenters. The van der Waals surface area contributed by atoms with Gasteiger partial charge in [0, 0.05) is 24.4 Å². The average molecular weight is 291 g/mol. The average Bonchev–Trinajstić information content (AvgIpc) is 2.45. The molecule has 0 spiro atoms. The minimum atomic E-state index is -0.673. The number of rotatable bonds is 6. The molecule has 0 aliphatic heterocycles. The lowest BCUT2D eigenvalue weighted by Gasteiger charge is -2.09. The van der Waals surface area contributed by atoms with Crippen LogP contribution < -0.4 is 15.8 Å². The zero-order chi connectivity index (χ0) is 15.2. The van der Waals surface area contributed by atoms with Crippen LogP contribution in [0.3, 0.4) is 0 Å². The van der Waals surface area contributed by atoms with Crippen molar-refractivity contribution in [2.75, 3.05) is 24.2 Å². The smallest absolute Gasteiger partial charge is 0.272 e. The third-order valence-corrected chi connectivity index (χ3v) is 2.71. The number of hydrogen-bond acceptors (Lipinski definition) is 5. The van der Waals surface area contributed by atoms with E-state index in [9.17, 15) is 14.5 Å². The Hall–Kier alpha value is -2.83. The van der Waals surface area contributed by atoms with Crippen LogP contribution in [0.25, 0.3) is 0 Å². The Morgan fingerprint density at radius 2 is 2.10 bits per heavy atom. The number of nitro groups is 1. The standard InChI is InChI=1S/C14H14FN3O3/c15-13-9-11(18(19)20)4-5-14(13)17-6-7-21-12-3-1-2-10(16)8-12/h1-5,8-9,17H,6-7,16H2. The monoisotopic (exact) mass is 291 g/mol. The fraction of sp³-hybridized carbons (Fsp3) is 0.143. The fourth-order valence-electron chi connectivity index (χ4n) is 1.72. The zero-order valence-corrected chi connectivity index (χ0v) is 11.1. The van der Waals surface area contributed by atoms with Crippen LogP contribution in [0.15, 0.2) is 42.5 Å². The van der Waals surface area contributed by atoms with Crippen molar-refractivity contribution in [3.63, 3.8) is 0 Å². The van der Waals surface area contributed by atoms with Crippen LogP contribution in [-0.4, -0.2) is 18.1 Å². The molecule has 0 aliphatic carbocycles. The first-order chi connectivity index (χ1) is 10.1. The highest BCUT2D eigenvalue weighted by molar-refractivity contribution is 5.50. The van der Waals surface area contributed by atoms with E-state index in [1.165, 1.54) is 12.1 Å². The summed E-state index contributed by atoms with van der Waals surface area (Å²) >= 11 is 0. The lowest BCUT2D eigenvalue weighted by molar-refractivity contribution is -0.385. The third-order valence-electron chi connectivity index (χ3n) is 2.71. The lowest BCUT2D eigenvalue weighted by atomic mass is 10.2. The molecule has 3 N–H and O–H groups in total. The maximum Gasteiger partial charge on any atom is 0.272 e. The molecular formula is C14H14FN3O3. The predicted octanol–water partition coefficient (Wildman–Crippen LogP) is 2.81. The summed E-state index contributed by atoms with van der Waals surface area (Å²) in [5.41, 5.74) is 6.12. The number of nitrogens with one attached hydrogen (secondary N) is 1. The van der Waals surface area contributed by atoms with Crippen molar-refractivity contribution in [2.24, 2.45) is 0 Å². The van der Waals surface area contributed by atoms with Gasteiger partial charge in [0.2, 0.25) is 0 Å². The van der Waals surface area contributed by atoms with Gasteiger partial charge in [-0.2, -0.15) is 0 Å². The van der Waals surface area contributed by atoms with E-state index in [2.05, 4.69) is 5.32 Å². The Kier molecular flexibility index (Phi) is 4.55. The Morgan fingerprint density at radius 3 is 2.76 bits per heavy atom. The minimum Gasteiger partial charge on any atom is -0.492 e. The lowest BCUT2D eigenvalue weighted by Crippen LogP contribution is -2.12. The number of nitrogen functional groups attached to an aromatic ring is 1. The van der Waals surface area contributed by atoms with Crippen molar-refractivity contribution in [2.45, 2.75) is 0 Å². The molecule has 0 unspecified atom stereocenters. The maximum absolute atomic E-state index is 13.6. The number of halogens is 1. The summed E-state index contributed by atoms with van der Waals surface area (Å²) in [4.78, 5) is 9.85. The molecule has 0 radical (unpaired) electrons. The van der Waals surface area contributed by atoms with Gasteiger partial charge in [-0.25, -0.2) is 4.39 Å². The van der Waals surface area contributed by atoms with E-state index in [1.807, 2.05) is 0 Å². The van der Waals surface area contributed by atoms with E-state index >= 15 is 0 Å². The zero-order valence-electron chi connectivity index (χ0n) is 11.1. The minimum absolute atomic E-state index is 0.191. The Labute approximate surface area is 120 Å². The molecule has 0 aromatic heterocycles. The number of nitrogens with two attached hydrogens (primary N) is 1. The van der Waals surface area contributed by atoms with E-state index < -0.39 is 10.7 Å². The van der Waals surface area contributed by atoms with Crippen molar-refractivity contribution >= 4 is 17.1 Å². The number of ether oxygens (including phenoxy) is 1. The second kappa shape index (κ2) is 6.56. The van der Waals surface area contributed by atoms with Crippen molar-refractivity contribution in [1.82, 2.24) is 0 Å². The Bertz CT molecular complexity index is 649. The van der Waals surface area contributed by atoms with Crippen molar-refractivity contribution in [3.05, 3.63) is 58.4 Å². The van der Waals surface area contributed by atoms with Crippen LogP contribution in [-0.2, 0) is 0 Å². The highest BCUT2D eigenvalue weighted by Crippen LogP contribution is 2.20. The number of benzene rings is 2. The maximum atomic E-state index is 13.6. The van der Waals surface area contributed by atoms with E-state index in [4.69, 9.17) is 10.5 Å². The predicted molar refractivity (Wildman–Crippen MR) is 77.9 cm³/mol. The topological polar surface area (TPSA) is 90.4 Å². The Morgan fingerprint density at radius 1 is 1.29 bits per heavy atom. The van der Waals surface area contributed by atoms with Gasteiger partial charge in [0.05, 0.1) is 16.7 Å². The summed E-state index contributed by atoms with van der Waals surface area (Å²) in [5.74, 6) is -0.0471. The second-order valence-electron chi connectivity index (χ2n) is 4.27. The van der Waals surface area contributed by atoms with E-state index in [0.29, 0.717) is 24.6 Å². The number of non-ortho nitro benzene ring substituents is 1. The molecular weight excluding hydrogens is 277 g/mol. The van der Waals surface area contributed by atoms with Gasteiger partial charge in [-0.15, -0.1) is 0 Å². The Balaban J connectivity index is 1.85. The van der Waals surface area contributed by atoms with Gasteiger partial charge in [-0.05, 0) is 18.2 Å². The summed E-state index contributed by atoms with van der Waals surface area (Å²) in [7, 11) is 0. The largest absolute Gasteiger partial charge is 0.492 e. The summed E-state index contributed by atoms with van der Waals surface area (Å²) in [6.45, 7) is 0.656. The van der Waals surface area contributed by atoms with Crippen LogP contribution >= 0.6 is 0 Å². The van der Waals surface area contributed by atoms with Crippen LogP contribution in [0.2, 0.25) is 0 Å². The first kappa shape index (κ1) is 14.6. The molecule has 0 bridgehead atoms. The normalized spacial score (nSPS) is 10.1. The van der Waals surface area contributed by atoms with Gasteiger partial charge in [0.15, 0.2) is 5.82 Å². The molecule has 0 aliphatic rings. The molecule has 21 heavy (non-hydrogen) atoms. The van der Waals surface area contributed by atoms with Crippen molar-refractivity contribution < 1.29 is 14.1 Å². The van der Waals surface area contributed by atoms with Crippen LogP contribution in [0.5, 0.6) is 5.75 Å². The van der Waals surface area contributed by atoms with E-state index in [0.717, 1.165) is 6.07 Å². The second-order valence-corrected chi connectivity index (χ2v) is 4.27. The van der Waals surface area contributed by atoms with Gasteiger partial charge in [0.1, 0.15) is 12.4 Å². The highest BCUT2D eigenvalue weighted by atomic mass is 19.1.